The van der Waals surface area contributed by atoms with Crippen molar-refractivity contribution in [2.24, 2.45) is 5.92 Å². The monoisotopic (exact) mass is 485 g/mol. The van der Waals surface area contributed by atoms with Crippen LogP contribution in [-0.2, 0) is 21.4 Å². The van der Waals surface area contributed by atoms with Crippen LogP contribution in [0.4, 0.5) is 0 Å². The minimum Gasteiger partial charge on any atom is -0.496 e. The molecule has 29 heavy (non-hydrogen) atoms. The number of carbonyl (C=O) groups is 1. The summed E-state index contributed by atoms with van der Waals surface area (Å²) in [6, 6.07) is 5.57. The van der Waals surface area contributed by atoms with Crippen LogP contribution in [0.2, 0.25) is 0 Å². The van der Waals surface area contributed by atoms with Crippen LogP contribution in [0.25, 0.3) is 0 Å². The predicted octanol–water partition coefficient (Wildman–Crippen LogP) is 2.78. The van der Waals surface area contributed by atoms with Crippen LogP contribution in [0.15, 0.2) is 32.1 Å². The fourth-order valence-corrected chi connectivity index (χ4v) is 5.78. The Morgan fingerprint density at radius 3 is 2.83 bits per heavy atom. The van der Waals surface area contributed by atoms with Crippen LogP contribution in [0, 0.1) is 19.8 Å². The van der Waals surface area contributed by atoms with Gasteiger partial charge in [-0.25, -0.2) is 8.42 Å². The second-order valence-corrected chi connectivity index (χ2v) is 9.82. The molecular weight excluding hydrogens is 462 g/mol. The molecule has 1 aliphatic rings. The topological polar surface area (TPSA) is 102 Å². The second kappa shape index (κ2) is 8.85. The molecule has 1 unspecified atom stereocenters. The normalized spacial score (nSPS) is 17.9. The van der Waals surface area contributed by atoms with E-state index < -0.39 is 15.9 Å². The lowest BCUT2D eigenvalue weighted by molar-refractivity contribution is -0.126. The quantitative estimate of drug-likeness (QED) is 0.674. The number of hydrogen-bond donors (Lipinski definition) is 1. The number of aromatic nitrogens is 1. The third-order valence-electron chi connectivity index (χ3n) is 5.02. The Hall–Kier alpha value is -1.91. The van der Waals surface area contributed by atoms with Gasteiger partial charge in [-0.3, -0.25) is 4.79 Å². The van der Waals surface area contributed by atoms with Gasteiger partial charge in [0.05, 0.1) is 13.0 Å². The summed E-state index contributed by atoms with van der Waals surface area (Å²) in [4.78, 5) is 12.8. The maximum Gasteiger partial charge on any atom is 0.248 e. The standard InChI is InChI=1S/C19H24BrN3O5S/c1-12-18(13(2)28-22-12)29(25,26)23-8-4-5-14(11-23)19(24)21-10-15-9-16(20)6-7-17(15)27-3/h6-7,9,14H,4-5,8,10-11H2,1-3H3,(H,21,24). The van der Waals surface area contributed by atoms with Crippen molar-refractivity contribution in [1.82, 2.24) is 14.8 Å². The number of halogens is 1. The molecule has 1 aromatic carbocycles. The fraction of sp³-hybridized carbons (Fsp3) is 0.474. The van der Waals surface area contributed by atoms with Crippen molar-refractivity contribution in [3.05, 3.63) is 39.7 Å². The Labute approximate surface area is 178 Å². The lowest BCUT2D eigenvalue weighted by atomic mass is 9.98. The molecule has 0 spiro atoms. The molecular formula is C19H24BrN3O5S. The van der Waals surface area contributed by atoms with E-state index in [1.165, 1.54) is 4.31 Å². The molecule has 0 aliphatic carbocycles. The lowest BCUT2D eigenvalue weighted by Gasteiger charge is -2.31. The van der Waals surface area contributed by atoms with Crippen molar-refractivity contribution in [2.45, 2.75) is 38.1 Å². The van der Waals surface area contributed by atoms with E-state index in [0.717, 1.165) is 10.0 Å². The van der Waals surface area contributed by atoms with Crippen LogP contribution >= 0.6 is 15.9 Å². The Kier molecular flexibility index (Phi) is 6.65. The minimum atomic E-state index is -3.76. The highest BCUT2D eigenvalue weighted by atomic mass is 79.9. The van der Waals surface area contributed by atoms with E-state index in [0.29, 0.717) is 37.4 Å². The summed E-state index contributed by atoms with van der Waals surface area (Å²) in [7, 11) is -2.18. The number of aryl methyl sites for hydroxylation is 2. The average Bonchev–Trinajstić information content (AvgIpc) is 3.05. The van der Waals surface area contributed by atoms with Gasteiger partial charge in [0, 0.05) is 29.7 Å². The number of rotatable bonds is 6. The Morgan fingerprint density at radius 2 is 2.17 bits per heavy atom. The van der Waals surface area contributed by atoms with E-state index in [2.05, 4.69) is 26.4 Å². The van der Waals surface area contributed by atoms with Gasteiger partial charge < -0.3 is 14.6 Å². The summed E-state index contributed by atoms with van der Waals surface area (Å²) in [6.07, 6.45) is 1.25. The SMILES string of the molecule is COc1ccc(Br)cc1CNC(=O)C1CCCN(S(=O)(=O)c2c(C)noc2C)C1. The van der Waals surface area contributed by atoms with Gasteiger partial charge in [-0.2, -0.15) is 4.31 Å². The number of ether oxygens (including phenoxy) is 1. The van der Waals surface area contributed by atoms with Crippen molar-refractivity contribution in [3.63, 3.8) is 0 Å². The summed E-state index contributed by atoms with van der Waals surface area (Å²) < 4.78 is 38.6. The third-order valence-corrected chi connectivity index (χ3v) is 7.62. The van der Waals surface area contributed by atoms with E-state index in [4.69, 9.17) is 9.26 Å². The highest BCUT2D eigenvalue weighted by Gasteiger charge is 2.36. The van der Waals surface area contributed by atoms with Gasteiger partial charge in [0.2, 0.25) is 15.9 Å². The zero-order valence-electron chi connectivity index (χ0n) is 16.6. The van der Waals surface area contributed by atoms with Crippen molar-refractivity contribution in [1.29, 1.82) is 0 Å². The highest BCUT2D eigenvalue weighted by molar-refractivity contribution is 9.10. The molecule has 8 nitrogen and oxygen atoms in total. The van der Waals surface area contributed by atoms with Crippen LogP contribution in [0.1, 0.15) is 29.9 Å². The molecule has 0 bridgehead atoms. The maximum absolute atomic E-state index is 13.0. The molecule has 2 aromatic rings. The number of carbonyl (C=O) groups excluding carboxylic acids is 1. The number of methoxy groups -OCH3 is 1. The molecule has 0 saturated carbocycles. The smallest absolute Gasteiger partial charge is 0.248 e. The van der Waals surface area contributed by atoms with Crippen LogP contribution < -0.4 is 10.1 Å². The highest BCUT2D eigenvalue weighted by Crippen LogP contribution is 2.28. The average molecular weight is 486 g/mol. The van der Waals surface area contributed by atoms with Gasteiger partial charge in [0.1, 0.15) is 16.3 Å². The number of nitrogens with one attached hydrogen (secondary N) is 1. The van der Waals surface area contributed by atoms with Crippen LogP contribution in [-0.4, -0.2) is 44.0 Å². The Morgan fingerprint density at radius 1 is 1.41 bits per heavy atom. The van der Waals surface area contributed by atoms with Gasteiger partial charge >= 0.3 is 0 Å². The first-order valence-corrected chi connectivity index (χ1v) is 11.5. The molecule has 3 rings (SSSR count). The number of hydrogen-bond acceptors (Lipinski definition) is 6. The molecule has 10 heteroatoms. The van der Waals surface area contributed by atoms with Crippen molar-refractivity contribution in [3.8, 4) is 5.75 Å². The summed E-state index contributed by atoms with van der Waals surface area (Å²) in [5, 5.41) is 6.65. The molecule has 2 heterocycles. The Balaban J connectivity index is 1.69. The van der Waals surface area contributed by atoms with Crippen molar-refractivity contribution in [2.75, 3.05) is 20.2 Å². The number of amides is 1. The molecule has 1 saturated heterocycles. The first kappa shape index (κ1) is 21.8. The van der Waals surface area contributed by atoms with E-state index in [1.54, 1.807) is 21.0 Å². The van der Waals surface area contributed by atoms with Gasteiger partial charge in [-0.15, -0.1) is 0 Å². The van der Waals surface area contributed by atoms with Gasteiger partial charge in [0.15, 0.2) is 5.76 Å². The lowest BCUT2D eigenvalue weighted by Crippen LogP contribution is -2.45. The molecule has 1 aromatic heterocycles. The number of nitrogens with zero attached hydrogens (tertiary/aromatic N) is 2. The zero-order valence-corrected chi connectivity index (χ0v) is 19.0. The zero-order chi connectivity index (χ0) is 21.2. The van der Waals surface area contributed by atoms with E-state index in [-0.39, 0.29) is 23.1 Å². The summed E-state index contributed by atoms with van der Waals surface area (Å²) >= 11 is 3.41. The molecule has 1 fully saturated rings. The van der Waals surface area contributed by atoms with Crippen molar-refractivity contribution >= 4 is 31.9 Å². The van der Waals surface area contributed by atoms with Gasteiger partial charge in [0.25, 0.3) is 0 Å². The van der Waals surface area contributed by atoms with E-state index in [9.17, 15) is 13.2 Å². The first-order valence-electron chi connectivity index (χ1n) is 9.27. The van der Waals surface area contributed by atoms with Crippen molar-refractivity contribution < 1.29 is 22.5 Å². The van der Waals surface area contributed by atoms with Crippen LogP contribution in [0.5, 0.6) is 5.75 Å². The van der Waals surface area contributed by atoms with E-state index >= 15 is 0 Å². The summed E-state index contributed by atoms with van der Waals surface area (Å²) in [5.41, 5.74) is 1.17. The molecule has 1 atom stereocenters. The molecule has 1 amide bonds. The minimum absolute atomic E-state index is 0.0948. The fourth-order valence-electron chi connectivity index (χ4n) is 3.56. The molecule has 1 N–H and O–H groups in total. The van der Waals surface area contributed by atoms with Gasteiger partial charge in [-0.1, -0.05) is 21.1 Å². The number of piperidine rings is 1. The second-order valence-electron chi connectivity index (χ2n) is 7.03. The summed E-state index contributed by atoms with van der Waals surface area (Å²) in [6.45, 7) is 3.98. The number of sulfonamides is 1. The summed E-state index contributed by atoms with van der Waals surface area (Å²) in [5.74, 6) is 0.346. The predicted molar refractivity (Wildman–Crippen MR) is 110 cm³/mol. The Bertz CT molecular complexity index is 986. The number of benzene rings is 1. The van der Waals surface area contributed by atoms with Crippen LogP contribution in [0.3, 0.4) is 0 Å². The van der Waals surface area contributed by atoms with E-state index in [1.807, 2.05) is 18.2 Å². The molecule has 0 radical (unpaired) electrons. The molecule has 1 aliphatic heterocycles. The molecule has 158 valence electrons. The maximum atomic E-state index is 13.0. The first-order chi connectivity index (χ1) is 13.7. The third kappa shape index (κ3) is 4.65. The van der Waals surface area contributed by atoms with Gasteiger partial charge in [-0.05, 0) is 44.9 Å². The largest absolute Gasteiger partial charge is 0.496 e.